The van der Waals surface area contributed by atoms with Gasteiger partial charge in [-0.25, -0.2) is 4.39 Å². The topological polar surface area (TPSA) is 59.1 Å². The Morgan fingerprint density at radius 3 is 2.60 bits per heavy atom. The van der Waals surface area contributed by atoms with E-state index in [1.807, 2.05) is 0 Å². The van der Waals surface area contributed by atoms with Gasteiger partial charge in [-0.1, -0.05) is 11.6 Å². The van der Waals surface area contributed by atoms with Gasteiger partial charge in [0.1, 0.15) is 5.82 Å². The first kappa shape index (κ1) is 17.0. The van der Waals surface area contributed by atoms with Gasteiger partial charge in [-0.3, -0.25) is 14.6 Å². The van der Waals surface area contributed by atoms with Gasteiger partial charge in [0, 0.05) is 16.6 Å². The van der Waals surface area contributed by atoms with Crippen LogP contribution in [0.2, 0.25) is 5.02 Å². The number of aryl methyl sites for hydroxylation is 1. The Hall–Kier alpha value is -2.79. The van der Waals surface area contributed by atoms with Gasteiger partial charge in [-0.15, -0.1) is 0 Å². The average molecular weight is 357 g/mol. The highest BCUT2D eigenvalue weighted by atomic mass is 35.5. The summed E-state index contributed by atoms with van der Waals surface area (Å²) in [6.45, 7) is 3.18. The Balaban J connectivity index is 2.05. The fraction of sp³-hybridized carbons (Fsp3) is 0.105. The van der Waals surface area contributed by atoms with Gasteiger partial charge in [0.2, 0.25) is 0 Å². The summed E-state index contributed by atoms with van der Waals surface area (Å²) in [6.07, 6.45) is 0. The molecule has 126 valence electrons. The van der Waals surface area contributed by atoms with E-state index in [1.54, 1.807) is 25.1 Å². The number of nitrogens with one attached hydrogen (secondary N) is 1. The van der Waals surface area contributed by atoms with E-state index < -0.39 is 11.7 Å². The maximum atomic E-state index is 13.6. The molecule has 0 bridgehead atoms. The van der Waals surface area contributed by atoms with Gasteiger partial charge < -0.3 is 5.32 Å². The minimum atomic E-state index is -0.455. The number of carbonyl (C=O) groups is 2. The number of aromatic nitrogens is 1. The fourth-order valence-corrected chi connectivity index (χ4v) is 2.71. The zero-order valence-electron chi connectivity index (χ0n) is 13.6. The molecule has 6 heteroatoms. The molecule has 0 radical (unpaired) electrons. The lowest BCUT2D eigenvalue weighted by Gasteiger charge is -2.11. The van der Waals surface area contributed by atoms with Crippen molar-refractivity contribution >= 4 is 39.9 Å². The minimum absolute atomic E-state index is 0.139. The van der Waals surface area contributed by atoms with Crippen molar-refractivity contribution in [2.45, 2.75) is 13.8 Å². The SMILES string of the molecule is CC(=O)c1ccc(Cl)c(NC(=O)c2cc(C)nc3ccc(F)cc23)c1. The molecule has 0 aliphatic rings. The van der Waals surface area contributed by atoms with Crippen molar-refractivity contribution in [3.8, 4) is 0 Å². The highest BCUT2D eigenvalue weighted by molar-refractivity contribution is 6.34. The number of anilines is 1. The molecular weight excluding hydrogens is 343 g/mol. The van der Waals surface area contributed by atoms with E-state index in [-0.39, 0.29) is 11.3 Å². The molecule has 0 aliphatic carbocycles. The van der Waals surface area contributed by atoms with Gasteiger partial charge >= 0.3 is 0 Å². The summed E-state index contributed by atoms with van der Waals surface area (Å²) in [4.78, 5) is 28.5. The van der Waals surface area contributed by atoms with Gasteiger partial charge in [0.15, 0.2) is 5.78 Å². The summed E-state index contributed by atoms with van der Waals surface area (Å²) in [5.41, 5.74) is 2.19. The average Bonchev–Trinajstić information content (AvgIpc) is 2.56. The number of pyridine rings is 1. The molecule has 1 aromatic heterocycles. The van der Waals surface area contributed by atoms with Crippen molar-refractivity contribution in [1.82, 2.24) is 4.98 Å². The summed E-state index contributed by atoms with van der Waals surface area (Å²) >= 11 is 6.11. The summed E-state index contributed by atoms with van der Waals surface area (Å²) in [5.74, 6) is -1.05. The number of ketones is 1. The normalized spacial score (nSPS) is 10.7. The monoisotopic (exact) mass is 356 g/mol. The molecule has 0 spiro atoms. The summed E-state index contributed by atoms with van der Waals surface area (Å²) in [6, 6.07) is 10.3. The Kier molecular flexibility index (Phi) is 4.51. The van der Waals surface area contributed by atoms with Crippen molar-refractivity contribution in [3.63, 3.8) is 0 Å². The van der Waals surface area contributed by atoms with Crippen LogP contribution in [0.15, 0.2) is 42.5 Å². The van der Waals surface area contributed by atoms with Crippen LogP contribution in [0.5, 0.6) is 0 Å². The van der Waals surface area contributed by atoms with E-state index in [4.69, 9.17) is 11.6 Å². The number of hydrogen-bond acceptors (Lipinski definition) is 3. The van der Waals surface area contributed by atoms with Crippen molar-refractivity contribution in [2.24, 2.45) is 0 Å². The van der Waals surface area contributed by atoms with Crippen LogP contribution in [0.4, 0.5) is 10.1 Å². The Morgan fingerprint density at radius 2 is 1.88 bits per heavy atom. The molecule has 2 aromatic carbocycles. The van der Waals surface area contributed by atoms with E-state index in [0.29, 0.717) is 32.9 Å². The number of Topliss-reactive ketones (excluding diaryl/α,β-unsaturated/α-hetero) is 1. The molecule has 1 heterocycles. The van der Waals surface area contributed by atoms with Gasteiger partial charge in [0.25, 0.3) is 5.91 Å². The van der Waals surface area contributed by atoms with Crippen LogP contribution in [0.3, 0.4) is 0 Å². The zero-order chi connectivity index (χ0) is 18.1. The Labute approximate surface area is 148 Å². The molecule has 0 fully saturated rings. The van der Waals surface area contributed by atoms with Gasteiger partial charge in [0.05, 0.1) is 21.8 Å². The van der Waals surface area contributed by atoms with E-state index in [1.165, 1.54) is 31.2 Å². The van der Waals surface area contributed by atoms with E-state index in [0.717, 1.165) is 0 Å². The predicted molar refractivity (Wildman–Crippen MR) is 95.8 cm³/mol. The number of halogens is 2. The van der Waals surface area contributed by atoms with Crippen LogP contribution in [0.1, 0.15) is 33.3 Å². The van der Waals surface area contributed by atoms with Crippen molar-refractivity contribution in [1.29, 1.82) is 0 Å². The second-order valence-electron chi connectivity index (χ2n) is 5.68. The van der Waals surface area contributed by atoms with Gasteiger partial charge in [-0.05, 0) is 56.3 Å². The Morgan fingerprint density at radius 1 is 1.12 bits per heavy atom. The van der Waals surface area contributed by atoms with Crippen LogP contribution in [-0.4, -0.2) is 16.7 Å². The number of fused-ring (bicyclic) bond motifs is 1. The van der Waals surface area contributed by atoms with Crippen LogP contribution in [0.25, 0.3) is 10.9 Å². The smallest absolute Gasteiger partial charge is 0.256 e. The third-order valence-electron chi connectivity index (χ3n) is 3.76. The maximum Gasteiger partial charge on any atom is 0.256 e. The molecule has 3 aromatic rings. The third kappa shape index (κ3) is 3.51. The summed E-state index contributed by atoms with van der Waals surface area (Å²) in [5, 5.41) is 3.40. The van der Waals surface area contributed by atoms with Crippen LogP contribution in [0, 0.1) is 12.7 Å². The lowest BCUT2D eigenvalue weighted by atomic mass is 10.1. The van der Waals surface area contributed by atoms with E-state index >= 15 is 0 Å². The fourth-order valence-electron chi connectivity index (χ4n) is 2.55. The molecule has 0 atom stereocenters. The number of amides is 1. The Bertz CT molecular complexity index is 1020. The highest BCUT2D eigenvalue weighted by Gasteiger charge is 2.15. The quantitative estimate of drug-likeness (QED) is 0.686. The number of carbonyl (C=O) groups excluding carboxylic acids is 2. The van der Waals surface area contributed by atoms with Crippen LogP contribution in [-0.2, 0) is 0 Å². The molecule has 0 aliphatic heterocycles. The zero-order valence-corrected chi connectivity index (χ0v) is 14.3. The maximum absolute atomic E-state index is 13.6. The molecule has 0 saturated carbocycles. The molecule has 0 unspecified atom stereocenters. The first-order valence-corrected chi connectivity index (χ1v) is 7.91. The number of nitrogens with zero attached hydrogens (tertiary/aromatic N) is 1. The summed E-state index contributed by atoms with van der Waals surface area (Å²) < 4.78 is 13.6. The van der Waals surface area contributed by atoms with Gasteiger partial charge in [-0.2, -0.15) is 0 Å². The number of benzene rings is 2. The number of rotatable bonds is 3. The van der Waals surface area contributed by atoms with E-state index in [9.17, 15) is 14.0 Å². The molecule has 1 N–H and O–H groups in total. The first-order valence-electron chi connectivity index (χ1n) is 7.54. The number of hydrogen-bond donors (Lipinski definition) is 1. The predicted octanol–water partition coefficient (Wildman–Crippen LogP) is 4.79. The van der Waals surface area contributed by atoms with Crippen molar-refractivity contribution in [3.05, 3.63) is 70.1 Å². The first-order chi connectivity index (χ1) is 11.8. The summed E-state index contributed by atoms with van der Waals surface area (Å²) in [7, 11) is 0. The standard InChI is InChI=1S/C19H14ClFN2O2/c1-10-7-15(14-9-13(21)4-6-17(14)22-10)19(25)23-18-8-12(11(2)24)3-5-16(18)20/h3-9H,1-2H3,(H,23,25). The lowest BCUT2D eigenvalue weighted by Crippen LogP contribution is -2.14. The molecule has 3 rings (SSSR count). The molecule has 1 amide bonds. The molecular formula is C19H14ClFN2O2. The van der Waals surface area contributed by atoms with E-state index in [2.05, 4.69) is 10.3 Å². The largest absolute Gasteiger partial charge is 0.321 e. The third-order valence-corrected chi connectivity index (χ3v) is 4.09. The molecule has 0 saturated heterocycles. The lowest BCUT2D eigenvalue weighted by molar-refractivity contribution is 0.101. The molecule has 4 nitrogen and oxygen atoms in total. The van der Waals surface area contributed by atoms with Crippen LogP contribution >= 0.6 is 11.6 Å². The van der Waals surface area contributed by atoms with Crippen LogP contribution < -0.4 is 5.32 Å². The molecule has 25 heavy (non-hydrogen) atoms. The minimum Gasteiger partial charge on any atom is -0.321 e. The van der Waals surface area contributed by atoms with Crippen molar-refractivity contribution in [2.75, 3.05) is 5.32 Å². The second kappa shape index (κ2) is 6.61. The van der Waals surface area contributed by atoms with Crippen molar-refractivity contribution < 1.29 is 14.0 Å². The second-order valence-corrected chi connectivity index (χ2v) is 6.08. The highest BCUT2D eigenvalue weighted by Crippen LogP contribution is 2.26.